The van der Waals surface area contributed by atoms with E-state index in [9.17, 15) is 4.79 Å². The molecule has 0 saturated carbocycles. The number of fused-ring (bicyclic) bond motifs is 4. The van der Waals surface area contributed by atoms with Crippen LogP contribution in [0.2, 0.25) is 0 Å². The predicted octanol–water partition coefficient (Wildman–Crippen LogP) is 3.15. The molecule has 0 fully saturated rings. The second-order valence-corrected chi connectivity index (χ2v) is 7.41. The minimum absolute atomic E-state index is 0.0399. The zero-order valence-electron chi connectivity index (χ0n) is 16.0. The summed E-state index contributed by atoms with van der Waals surface area (Å²) < 4.78 is 2.09. The molecule has 1 amide bonds. The van der Waals surface area contributed by atoms with E-state index < -0.39 is 0 Å². The first kappa shape index (κ1) is 17.4. The summed E-state index contributed by atoms with van der Waals surface area (Å²) in [7, 11) is 0. The van der Waals surface area contributed by atoms with Crippen molar-refractivity contribution in [1.29, 1.82) is 0 Å². The van der Waals surface area contributed by atoms with Gasteiger partial charge in [-0.25, -0.2) is 9.97 Å². The first-order valence-corrected chi connectivity index (χ1v) is 9.46. The van der Waals surface area contributed by atoms with Crippen LogP contribution in [0, 0.1) is 0 Å². The van der Waals surface area contributed by atoms with Crippen LogP contribution in [0.3, 0.4) is 0 Å². The molecule has 4 aromatic rings. The quantitative estimate of drug-likeness (QED) is 0.553. The number of nitrogen functional groups attached to an aromatic ring is 1. The topological polar surface area (TPSA) is 98.7 Å². The highest BCUT2D eigenvalue weighted by Crippen LogP contribution is 2.43. The Morgan fingerprint density at radius 2 is 2.10 bits per heavy atom. The van der Waals surface area contributed by atoms with Crippen LogP contribution in [0.4, 0.5) is 5.82 Å². The van der Waals surface area contributed by atoms with Gasteiger partial charge >= 0.3 is 0 Å². The van der Waals surface area contributed by atoms with E-state index in [1.165, 1.54) is 13.3 Å². The third-order valence-electron chi connectivity index (χ3n) is 5.39. The molecule has 1 aromatic carbocycles. The summed E-state index contributed by atoms with van der Waals surface area (Å²) in [6, 6.07) is 10.1. The molecular weight excluding hydrogens is 364 g/mol. The zero-order chi connectivity index (χ0) is 20.1. The summed E-state index contributed by atoms with van der Waals surface area (Å²) in [5.41, 5.74) is 11.8. The second-order valence-electron chi connectivity index (χ2n) is 7.41. The van der Waals surface area contributed by atoms with Gasteiger partial charge in [-0.15, -0.1) is 0 Å². The molecule has 1 aliphatic heterocycles. The Morgan fingerprint density at radius 1 is 1.28 bits per heavy atom. The van der Waals surface area contributed by atoms with Gasteiger partial charge in [-0.1, -0.05) is 24.8 Å². The van der Waals surface area contributed by atoms with Gasteiger partial charge in [0.15, 0.2) is 0 Å². The lowest BCUT2D eigenvalue weighted by atomic mass is 9.94. The summed E-state index contributed by atoms with van der Waals surface area (Å²) >= 11 is 0. The van der Waals surface area contributed by atoms with Gasteiger partial charge < -0.3 is 15.6 Å². The number of benzene rings is 1. The average molecular weight is 384 g/mol. The monoisotopic (exact) mass is 384 g/mol. The Morgan fingerprint density at radius 3 is 2.93 bits per heavy atom. The lowest BCUT2D eigenvalue weighted by Crippen LogP contribution is -2.39. The molecule has 4 heterocycles. The molecule has 0 saturated heterocycles. The van der Waals surface area contributed by atoms with E-state index in [1.807, 2.05) is 30.5 Å². The van der Waals surface area contributed by atoms with Gasteiger partial charge in [0.25, 0.3) is 0 Å². The van der Waals surface area contributed by atoms with E-state index in [2.05, 4.69) is 37.5 Å². The van der Waals surface area contributed by atoms with E-state index >= 15 is 0 Å². The van der Waals surface area contributed by atoms with Crippen molar-refractivity contribution in [2.24, 2.45) is 0 Å². The van der Waals surface area contributed by atoms with Crippen molar-refractivity contribution in [2.75, 3.05) is 5.73 Å². The number of aromatic nitrogens is 4. The van der Waals surface area contributed by atoms with Crippen LogP contribution in [-0.2, 0) is 11.3 Å². The molecule has 3 N–H and O–H groups in total. The molecule has 0 bridgehead atoms. The third kappa shape index (κ3) is 2.74. The van der Waals surface area contributed by atoms with Crippen molar-refractivity contribution in [3.8, 4) is 11.1 Å². The molecule has 0 aliphatic carbocycles. The highest BCUT2D eigenvalue weighted by molar-refractivity contribution is 6.06. The number of para-hydroxylation sites is 1. The van der Waals surface area contributed by atoms with Crippen LogP contribution in [-0.4, -0.2) is 31.5 Å². The molecule has 0 radical (unpaired) electrons. The van der Waals surface area contributed by atoms with E-state index in [0.717, 1.165) is 44.3 Å². The maximum atomic E-state index is 11.6. The van der Waals surface area contributed by atoms with Crippen LogP contribution in [0.25, 0.3) is 38.6 Å². The Bertz CT molecular complexity index is 1310. The normalized spacial score (nSPS) is 16.2. The number of rotatable bonds is 2. The number of hydrogen-bond donors (Lipinski definition) is 2. The Hall–Kier alpha value is -3.74. The molecule has 1 atom stereocenters. The van der Waals surface area contributed by atoms with Crippen molar-refractivity contribution in [3.05, 3.63) is 55.1 Å². The largest absolute Gasteiger partial charge is 0.383 e. The van der Waals surface area contributed by atoms with Gasteiger partial charge in [0.2, 0.25) is 5.91 Å². The van der Waals surface area contributed by atoms with Crippen LogP contribution in [0.1, 0.15) is 19.0 Å². The van der Waals surface area contributed by atoms with Crippen LogP contribution < -0.4 is 11.1 Å². The smallest absolute Gasteiger partial charge is 0.217 e. The number of nitrogens with zero attached hydrogens (tertiary/aromatic N) is 4. The van der Waals surface area contributed by atoms with Crippen LogP contribution in [0.15, 0.2) is 49.4 Å². The molecule has 0 unspecified atom stereocenters. The van der Waals surface area contributed by atoms with Crippen molar-refractivity contribution in [1.82, 2.24) is 24.8 Å². The van der Waals surface area contributed by atoms with Crippen molar-refractivity contribution >= 4 is 39.2 Å². The van der Waals surface area contributed by atoms with E-state index in [-0.39, 0.29) is 11.9 Å². The number of amides is 1. The van der Waals surface area contributed by atoms with Crippen molar-refractivity contribution in [3.63, 3.8) is 0 Å². The number of carbonyl (C=O) groups excluding carboxylic acids is 1. The first-order valence-electron chi connectivity index (χ1n) is 9.46. The van der Waals surface area contributed by atoms with Crippen LogP contribution in [0.5, 0.6) is 0 Å². The number of nitrogens with two attached hydrogens (primary N) is 1. The number of pyridine rings is 1. The molecule has 29 heavy (non-hydrogen) atoms. The number of hydrogen-bond acceptors (Lipinski definition) is 5. The van der Waals surface area contributed by atoms with Gasteiger partial charge in [-0.2, -0.15) is 0 Å². The summed E-state index contributed by atoms with van der Waals surface area (Å²) in [6.07, 6.45) is 3.99. The fourth-order valence-electron chi connectivity index (χ4n) is 4.29. The molecule has 3 aromatic heterocycles. The maximum Gasteiger partial charge on any atom is 0.217 e. The van der Waals surface area contributed by atoms with Gasteiger partial charge in [0.05, 0.1) is 22.6 Å². The fraction of sp³-hybridized carbons (Fsp3) is 0.182. The van der Waals surface area contributed by atoms with Gasteiger partial charge in [-0.3, -0.25) is 9.78 Å². The van der Waals surface area contributed by atoms with E-state index in [0.29, 0.717) is 18.8 Å². The number of anilines is 1. The predicted molar refractivity (Wildman–Crippen MR) is 114 cm³/mol. The molecular formula is C22H20N6O. The van der Waals surface area contributed by atoms with Gasteiger partial charge in [0.1, 0.15) is 17.8 Å². The standard InChI is InChI=1S/C22H20N6O/c1-12-7-16(27-13(2)29)10-28-20(12)18(19-21(23)25-11-26-22(19)28)15-8-14-5-3-4-6-17(14)24-9-15/h3-6,8-9,11,16H,1,7,10H2,2H3,(H,27,29)(H2,23,25,26)/t16-/m1/s1. The fourth-order valence-corrected chi connectivity index (χ4v) is 4.29. The molecule has 5 rings (SSSR count). The first-order chi connectivity index (χ1) is 14.0. The third-order valence-corrected chi connectivity index (χ3v) is 5.39. The van der Waals surface area contributed by atoms with E-state index in [1.54, 1.807) is 0 Å². The van der Waals surface area contributed by atoms with Crippen LogP contribution >= 0.6 is 0 Å². The zero-order valence-corrected chi connectivity index (χ0v) is 16.0. The SMILES string of the molecule is C=C1C[C@@H](NC(C)=O)Cn2c1c(-c1cnc3ccccc3c1)c1c(N)ncnc12. The molecule has 144 valence electrons. The minimum Gasteiger partial charge on any atom is -0.383 e. The molecule has 7 heteroatoms. The summed E-state index contributed by atoms with van der Waals surface area (Å²) in [4.78, 5) is 25.0. The van der Waals surface area contributed by atoms with Gasteiger partial charge in [-0.05, 0) is 24.1 Å². The molecule has 7 nitrogen and oxygen atoms in total. The highest BCUT2D eigenvalue weighted by Gasteiger charge is 2.30. The lowest BCUT2D eigenvalue weighted by molar-refractivity contribution is -0.119. The molecule has 1 aliphatic rings. The Kier molecular flexibility index (Phi) is 3.84. The van der Waals surface area contributed by atoms with Gasteiger partial charge in [0, 0.05) is 36.2 Å². The van der Waals surface area contributed by atoms with Crippen molar-refractivity contribution in [2.45, 2.75) is 25.9 Å². The number of carbonyl (C=O) groups is 1. The average Bonchev–Trinajstić information content (AvgIpc) is 3.03. The lowest BCUT2D eigenvalue weighted by Gasteiger charge is -2.27. The summed E-state index contributed by atoms with van der Waals surface area (Å²) in [5, 5.41) is 4.84. The second kappa shape index (κ2) is 6.41. The highest BCUT2D eigenvalue weighted by atomic mass is 16.1. The summed E-state index contributed by atoms with van der Waals surface area (Å²) in [5.74, 6) is 0.361. The molecule has 0 spiro atoms. The van der Waals surface area contributed by atoms with E-state index in [4.69, 9.17) is 5.73 Å². The number of nitrogens with one attached hydrogen (secondary N) is 1. The van der Waals surface area contributed by atoms with Crippen molar-refractivity contribution < 1.29 is 4.79 Å². The Balaban J connectivity index is 1.79. The Labute approximate surface area is 167 Å². The maximum absolute atomic E-state index is 11.6. The minimum atomic E-state index is -0.0594. The summed E-state index contributed by atoms with van der Waals surface area (Å²) in [6.45, 7) is 6.43.